The predicted octanol–water partition coefficient (Wildman–Crippen LogP) is 0.247. The molecule has 7 heteroatoms. The number of rotatable bonds is 5. The van der Waals surface area contributed by atoms with Crippen LogP contribution in [0.5, 0.6) is 0 Å². The fraction of sp³-hybridized carbons (Fsp3) is 0.375. The zero-order valence-corrected chi connectivity index (χ0v) is 12.7. The second-order valence-corrected chi connectivity index (χ2v) is 5.73. The van der Waals surface area contributed by atoms with E-state index in [0.29, 0.717) is 17.2 Å². The van der Waals surface area contributed by atoms with Crippen LogP contribution in [0.2, 0.25) is 0 Å². The van der Waals surface area contributed by atoms with Gasteiger partial charge in [-0.1, -0.05) is 0 Å². The summed E-state index contributed by atoms with van der Waals surface area (Å²) in [5.74, 6) is 0.390. The SMILES string of the molecule is O=C(NCc1cc(=O)[nH]cn1)c1cncc(CC2CCNC2)c1. The van der Waals surface area contributed by atoms with Gasteiger partial charge in [-0.3, -0.25) is 14.6 Å². The quantitative estimate of drug-likeness (QED) is 0.734. The van der Waals surface area contributed by atoms with E-state index in [1.165, 1.54) is 12.4 Å². The van der Waals surface area contributed by atoms with Crippen LogP contribution in [0.3, 0.4) is 0 Å². The Labute approximate surface area is 133 Å². The van der Waals surface area contributed by atoms with E-state index in [4.69, 9.17) is 0 Å². The van der Waals surface area contributed by atoms with Gasteiger partial charge >= 0.3 is 0 Å². The van der Waals surface area contributed by atoms with Gasteiger partial charge in [-0.05, 0) is 43.5 Å². The van der Waals surface area contributed by atoms with Crippen molar-refractivity contribution in [1.29, 1.82) is 0 Å². The van der Waals surface area contributed by atoms with Crippen molar-refractivity contribution in [3.8, 4) is 0 Å². The summed E-state index contributed by atoms with van der Waals surface area (Å²) in [6.45, 7) is 2.28. The minimum Gasteiger partial charge on any atom is -0.346 e. The molecule has 23 heavy (non-hydrogen) atoms. The predicted molar refractivity (Wildman–Crippen MR) is 84.9 cm³/mol. The van der Waals surface area contributed by atoms with Crippen molar-refractivity contribution in [2.75, 3.05) is 13.1 Å². The van der Waals surface area contributed by atoms with Crippen molar-refractivity contribution < 1.29 is 4.79 Å². The second-order valence-electron chi connectivity index (χ2n) is 5.73. The van der Waals surface area contributed by atoms with Crippen LogP contribution in [0.15, 0.2) is 35.6 Å². The first-order valence-corrected chi connectivity index (χ1v) is 7.67. The summed E-state index contributed by atoms with van der Waals surface area (Å²) in [7, 11) is 0. The Balaban J connectivity index is 1.61. The summed E-state index contributed by atoms with van der Waals surface area (Å²) in [5.41, 5.74) is 1.88. The monoisotopic (exact) mass is 313 g/mol. The first-order chi connectivity index (χ1) is 11.2. The lowest BCUT2D eigenvalue weighted by Crippen LogP contribution is -2.24. The minimum absolute atomic E-state index is 0.208. The van der Waals surface area contributed by atoms with Gasteiger partial charge in [-0.15, -0.1) is 0 Å². The molecule has 0 saturated carbocycles. The molecule has 0 aliphatic carbocycles. The number of H-pyrrole nitrogens is 1. The molecular formula is C16H19N5O2. The first kappa shape index (κ1) is 15.4. The van der Waals surface area contributed by atoms with Crippen LogP contribution < -0.4 is 16.2 Å². The highest BCUT2D eigenvalue weighted by molar-refractivity contribution is 5.93. The van der Waals surface area contributed by atoms with Gasteiger partial charge in [-0.25, -0.2) is 4.98 Å². The van der Waals surface area contributed by atoms with Crippen molar-refractivity contribution in [2.45, 2.75) is 19.4 Å². The van der Waals surface area contributed by atoms with Crippen LogP contribution in [0.25, 0.3) is 0 Å². The summed E-state index contributed by atoms with van der Waals surface area (Å²) in [6, 6.07) is 3.24. The summed E-state index contributed by atoms with van der Waals surface area (Å²) in [4.78, 5) is 34.0. The summed E-state index contributed by atoms with van der Waals surface area (Å²) in [5, 5.41) is 6.10. The average molecular weight is 313 g/mol. The van der Waals surface area contributed by atoms with Crippen molar-refractivity contribution >= 4 is 5.91 Å². The molecule has 2 aromatic heterocycles. The van der Waals surface area contributed by atoms with E-state index in [0.717, 1.165) is 31.5 Å². The Hall–Kier alpha value is -2.54. The molecule has 1 fully saturated rings. The van der Waals surface area contributed by atoms with Crippen LogP contribution in [-0.4, -0.2) is 33.9 Å². The number of carbonyl (C=O) groups is 1. The third kappa shape index (κ3) is 4.23. The Kier molecular flexibility index (Phi) is 4.77. The molecule has 1 amide bonds. The number of aromatic nitrogens is 3. The van der Waals surface area contributed by atoms with Crippen LogP contribution >= 0.6 is 0 Å². The standard InChI is InChI=1S/C16H19N5O2/c22-15-5-14(20-10-21-15)9-19-16(23)13-4-12(7-18-8-13)3-11-1-2-17-6-11/h4-5,7-8,10-11,17H,1-3,6,9H2,(H,19,23)(H,20,21,22). The highest BCUT2D eigenvalue weighted by atomic mass is 16.1. The van der Waals surface area contributed by atoms with E-state index in [1.54, 1.807) is 6.20 Å². The lowest BCUT2D eigenvalue weighted by atomic mass is 9.99. The van der Waals surface area contributed by atoms with Gasteiger partial charge in [0.05, 0.1) is 24.1 Å². The third-order valence-corrected chi connectivity index (χ3v) is 3.91. The molecule has 0 aromatic carbocycles. The Bertz CT molecular complexity index is 737. The minimum atomic E-state index is -0.238. The number of hydrogen-bond donors (Lipinski definition) is 3. The molecule has 3 N–H and O–H groups in total. The van der Waals surface area contributed by atoms with E-state index in [2.05, 4.69) is 25.6 Å². The number of nitrogens with one attached hydrogen (secondary N) is 3. The Morgan fingerprint density at radius 3 is 3.04 bits per heavy atom. The molecule has 0 radical (unpaired) electrons. The van der Waals surface area contributed by atoms with Crippen LogP contribution in [0.4, 0.5) is 0 Å². The normalized spacial score (nSPS) is 17.1. The smallest absolute Gasteiger partial charge is 0.253 e. The maximum atomic E-state index is 12.2. The molecule has 2 aromatic rings. The molecule has 3 rings (SSSR count). The van der Waals surface area contributed by atoms with E-state index in [1.807, 2.05) is 12.3 Å². The molecule has 0 spiro atoms. The fourth-order valence-corrected chi connectivity index (χ4v) is 2.72. The summed E-state index contributed by atoms with van der Waals surface area (Å²) in [6.07, 6.45) is 6.77. The molecule has 1 saturated heterocycles. The number of hydrogen-bond acceptors (Lipinski definition) is 5. The lowest BCUT2D eigenvalue weighted by Gasteiger charge is -2.09. The molecule has 1 aliphatic rings. The first-order valence-electron chi connectivity index (χ1n) is 7.67. The number of amides is 1. The van der Waals surface area contributed by atoms with Crippen molar-refractivity contribution in [3.05, 3.63) is 58.0 Å². The van der Waals surface area contributed by atoms with Crippen molar-refractivity contribution in [2.24, 2.45) is 5.92 Å². The van der Waals surface area contributed by atoms with E-state index >= 15 is 0 Å². The maximum absolute atomic E-state index is 12.2. The lowest BCUT2D eigenvalue weighted by molar-refractivity contribution is 0.0950. The topological polar surface area (TPSA) is 99.8 Å². The van der Waals surface area contributed by atoms with Gasteiger partial charge in [0.25, 0.3) is 11.5 Å². The fourth-order valence-electron chi connectivity index (χ4n) is 2.72. The summed E-state index contributed by atoms with van der Waals surface area (Å²) >= 11 is 0. The average Bonchev–Trinajstić information content (AvgIpc) is 3.06. The van der Waals surface area contributed by atoms with Crippen LogP contribution in [0.1, 0.15) is 28.0 Å². The highest BCUT2D eigenvalue weighted by Crippen LogP contribution is 2.15. The zero-order chi connectivity index (χ0) is 16.1. The molecule has 3 heterocycles. The summed E-state index contributed by atoms with van der Waals surface area (Å²) < 4.78 is 0. The van der Waals surface area contributed by atoms with Gasteiger partial charge in [-0.2, -0.15) is 0 Å². The molecule has 7 nitrogen and oxygen atoms in total. The largest absolute Gasteiger partial charge is 0.346 e. The van der Waals surface area contributed by atoms with Gasteiger partial charge < -0.3 is 15.6 Å². The Morgan fingerprint density at radius 2 is 2.26 bits per heavy atom. The third-order valence-electron chi connectivity index (χ3n) is 3.91. The van der Waals surface area contributed by atoms with E-state index < -0.39 is 0 Å². The van der Waals surface area contributed by atoms with E-state index in [9.17, 15) is 9.59 Å². The Morgan fingerprint density at radius 1 is 1.35 bits per heavy atom. The molecular weight excluding hydrogens is 294 g/mol. The number of nitrogens with zero attached hydrogens (tertiary/aromatic N) is 2. The maximum Gasteiger partial charge on any atom is 0.253 e. The molecule has 0 bridgehead atoms. The van der Waals surface area contributed by atoms with Gasteiger partial charge in [0.15, 0.2) is 0 Å². The van der Waals surface area contributed by atoms with Gasteiger partial charge in [0.2, 0.25) is 0 Å². The molecule has 1 unspecified atom stereocenters. The number of carbonyl (C=O) groups excluding carboxylic acids is 1. The van der Waals surface area contributed by atoms with Crippen LogP contribution in [-0.2, 0) is 13.0 Å². The van der Waals surface area contributed by atoms with Gasteiger partial charge in [0.1, 0.15) is 0 Å². The number of pyridine rings is 1. The number of aromatic amines is 1. The van der Waals surface area contributed by atoms with Crippen LogP contribution in [0, 0.1) is 5.92 Å². The molecule has 120 valence electrons. The van der Waals surface area contributed by atoms with Crippen molar-refractivity contribution in [3.63, 3.8) is 0 Å². The molecule has 1 atom stereocenters. The van der Waals surface area contributed by atoms with E-state index in [-0.39, 0.29) is 18.0 Å². The van der Waals surface area contributed by atoms with Gasteiger partial charge in [0, 0.05) is 18.5 Å². The van der Waals surface area contributed by atoms with Crippen molar-refractivity contribution in [1.82, 2.24) is 25.6 Å². The highest BCUT2D eigenvalue weighted by Gasteiger charge is 2.16. The molecule has 1 aliphatic heterocycles. The zero-order valence-electron chi connectivity index (χ0n) is 12.7. The second kappa shape index (κ2) is 7.15.